The molecule has 0 unspecified atom stereocenters. The van der Waals surface area contributed by atoms with Gasteiger partial charge in [0.15, 0.2) is 0 Å². The van der Waals surface area contributed by atoms with Crippen LogP contribution in [0.15, 0.2) is 12.1 Å². The van der Waals surface area contributed by atoms with Crippen LogP contribution in [0.4, 0.5) is 15.8 Å². The van der Waals surface area contributed by atoms with Crippen LogP contribution in [0.2, 0.25) is 0 Å². The van der Waals surface area contributed by atoms with Crippen molar-refractivity contribution in [1.82, 2.24) is 0 Å². The Kier molecular flexibility index (Phi) is 4.16. The summed E-state index contributed by atoms with van der Waals surface area (Å²) in [6, 6.07) is 1.64. The molecule has 1 aliphatic rings. The summed E-state index contributed by atoms with van der Waals surface area (Å²) in [5, 5.41) is 22.6. The minimum absolute atomic E-state index is 0.0319. The fourth-order valence-electron chi connectivity index (χ4n) is 2.49. The number of benzene rings is 1. The number of aromatic carboxylic acids is 1. The van der Waals surface area contributed by atoms with Crippen LogP contribution in [0.1, 0.15) is 36.0 Å². The van der Waals surface area contributed by atoms with Crippen molar-refractivity contribution in [3.63, 3.8) is 0 Å². The van der Waals surface area contributed by atoms with Crippen molar-refractivity contribution in [3.05, 3.63) is 33.6 Å². The van der Waals surface area contributed by atoms with E-state index in [-0.39, 0.29) is 5.69 Å². The molecule has 0 bridgehead atoms. The molecular weight excluding hydrogens is 267 g/mol. The SMILES string of the molecule is O=C(O)c1cc([N+](=O)[O-])c(NCC2CCCC2)cc1F. The third-order valence-electron chi connectivity index (χ3n) is 3.57. The second-order valence-corrected chi connectivity index (χ2v) is 4.94. The van der Waals surface area contributed by atoms with E-state index in [4.69, 9.17) is 5.11 Å². The maximum atomic E-state index is 13.6. The number of nitrogens with one attached hydrogen (secondary N) is 1. The Morgan fingerprint density at radius 3 is 2.65 bits per heavy atom. The van der Waals surface area contributed by atoms with Crippen molar-refractivity contribution in [2.75, 3.05) is 11.9 Å². The number of carboxylic acid groups (broad SMARTS) is 1. The summed E-state index contributed by atoms with van der Waals surface area (Å²) in [4.78, 5) is 21.0. The third kappa shape index (κ3) is 3.04. The van der Waals surface area contributed by atoms with Gasteiger partial charge in [-0.25, -0.2) is 9.18 Å². The number of rotatable bonds is 5. The monoisotopic (exact) mass is 282 g/mol. The second kappa shape index (κ2) is 5.85. The fourth-order valence-corrected chi connectivity index (χ4v) is 2.49. The molecule has 20 heavy (non-hydrogen) atoms. The van der Waals surface area contributed by atoms with Gasteiger partial charge in [0, 0.05) is 18.7 Å². The van der Waals surface area contributed by atoms with Crippen molar-refractivity contribution >= 4 is 17.3 Å². The van der Waals surface area contributed by atoms with Crippen molar-refractivity contribution in [2.24, 2.45) is 5.92 Å². The van der Waals surface area contributed by atoms with E-state index in [1.165, 1.54) is 0 Å². The van der Waals surface area contributed by atoms with Crippen molar-refractivity contribution in [2.45, 2.75) is 25.7 Å². The molecule has 0 saturated heterocycles. The number of hydrogen-bond acceptors (Lipinski definition) is 4. The fraction of sp³-hybridized carbons (Fsp3) is 0.462. The lowest BCUT2D eigenvalue weighted by atomic mass is 10.1. The average Bonchev–Trinajstić information content (AvgIpc) is 2.88. The molecule has 0 heterocycles. The zero-order valence-corrected chi connectivity index (χ0v) is 10.8. The maximum absolute atomic E-state index is 13.6. The number of anilines is 1. The van der Waals surface area contributed by atoms with Crippen LogP contribution in [0.5, 0.6) is 0 Å². The first-order chi connectivity index (χ1) is 9.49. The van der Waals surface area contributed by atoms with Crippen LogP contribution < -0.4 is 5.32 Å². The normalized spacial score (nSPS) is 15.2. The molecule has 0 spiro atoms. The number of carboxylic acids is 1. The molecular formula is C13H15FN2O4. The lowest BCUT2D eigenvalue weighted by molar-refractivity contribution is -0.384. The first kappa shape index (κ1) is 14.2. The highest BCUT2D eigenvalue weighted by atomic mass is 19.1. The van der Waals surface area contributed by atoms with E-state index >= 15 is 0 Å². The lowest BCUT2D eigenvalue weighted by Gasteiger charge is -2.12. The van der Waals surface area contributed by atoms with Crippen LogP contribution in [-0.4, -0.2) is 22.5 Å². The molecule has 1 aromatic carbocycles. The molecule has 2 rings (SSSR count). The van der Waals surface area contributed by atoms with E-state index in [0.717, 1.165) is 37.8 Å². The summed E-state index contributed by atoms with van der Waals surface area (Å²) >= 11 is 0. The van der Waals surface area contributed by atoms with E-state index < -0.39 is 28.0 Å². The van der Waals surface area contributed by atoms with Crippen molar-refractivity contribution in [3.8, 4) is 0 Å². The van der Waals surface area contributed by atoms with Gasteiger partial charge >= 0.3 is 5.97 Å². The quantitative estimate of drug-likeness (QED) is 0.639. The molecule has 0 atom stereocenters. The van der Waals surface area contributed by atoms with E-state index in [0.29, 0.717) is 12.5 Å². The highest BCUT2D eigenvalue weighted by Crippen LogP contribution is 2.30. The number of halogens is 1. The Balaban J connectivity index is 2.23. The smallest absolute Gasteiger partial charge is 0.338 e. The summed E-state index contributed by atoms with van der Waals surface area (Å²) in [5.41, 5.74) is -1.07. The molecule has 108 valence electrons. The van der Waals surface area contributed by atoms with Crippen LogP contribution >= 0.6 is 0 Å². The second-order valence-electron chi connectivity index (χ2n) is 4.94. The van der Waals surface area contributed by atoms with Crippen LogP contribution in [-0.2, 0) is 0 Å². The highest BCUT2D eigenvalue weighted by Gasteiger charge is 2.23. The van der Waals surface area contributed by atoms with Gasteiger partial charge in [0.2, 0.25) is 0 Å². The maximum Gasteiger partial charge on any atom is 0.338 e. The van der Waals surface area contributed by atoms with E-state index in [2.05, 4.69) is 5.32 Å². The minimum Gasteiger partial charge on any atom is -0.478 e. The molecule has 1 aliphatic carbocycles. The van der Waals surface area contributed by atoms with Gasteiger partial charge in [-0.05, 0) is 18.8 Å². The first-order valence-corrected chi connectivity index (χ1v) is 6.44. The summed E-state index contributed by atoms with van der Waals surface area (Å²) < 4.78 is 13.6. The molecule has 0 radical (unpaired) electrons. The molecule has 6 nitrogen and oxygen atoms in total. The number of hydrogen-bond donors (Lipinski definition) is 2. The molecule has 0 aliphatic heterocycles. The van der Waals surface area contributed by atoms with Gasteiger partial charge in [-0.3, -0.25) is 10.1 Å². The van der Waals surface area contributed by atoms with Crippen molar-refractivity contribution in [1.29, 1.82) is 0 Å². The van der Waals surface area contributed by atoms with Crippen LogP contribution in [0.3, 0.4) is 0 Å². The van der Waals surface area contributed by atoms with E-state index in [1.807, 2.05) is 0 Å². The van der Waals surface area contributed by atoms with Gasteiger partial charge < -0.3 is 10.4 Å². The van der Waals surface area contributed by atoms with Gasteiger partial charge in [-0.1, -0.05) is 12.8 Å². The highest BCUT2D eigenvalue weighted by molar-refractivity contribution is 5.90. The van der Waals surface area contributed by atoms with E-state index in [9.17, 15) is 19.3 Å². The van der Waals surface area contributed by atoms with Gasteiger partial charge in [0.25, 0.3) is 5.69 Å². The summed E-state index contributed by atoms with van der Waals surface area (Å²) in [5.74, 6) is -2.07. The zero-order chi connectivity index (χ0) is 14.7. The van der Waals surface area contributed by atoms with Crippen LogP contribution in [0, 0.1) is 21.8 Å². The largest absolute Gasteiger partial charge is 0.478 e. The summed E-state index contributed by atoms with van der Waals surface area (Å²) in [6.07, 6.45) is 4.38. The van der Waals surface area contributed by atoms with Gasteiger partial charge in [-0.2, -0.15) is 0 Å². The zero-order valence-electron chi connectivity index (χ0n) is 10.8. The number of nitrogens with zero attached hydrogens (tertiary/aromatic N) is 1. The molecule has 1 saturated carbocycles. The Hall–Kier alpha value is -2.18. The first-order valence-electron chi connectivity index (χ1n) is 6.44. The van der Waals surface area contributed by atoms with Crippen molar-refractivity contribution < 1.29 is 19.2 Å². The molecule has 1 aromatic rings. The van der Waals surface area contributed by atoms with E-state index in [1.54, 1.807) is 0 Å². The molecule has 2 N–H and O–H groups in total. The molecule has 7 heteroatoms. The number of nitro groups is 1. The summed E-state index contributed by atoms with van der Waals surface area (Å²) in [6.45, 7) is 0.534. The number of nitro benzene ring substituents is 1. The molecule has 0 aromatic heterocycles. The Bertz CT molecular complexity index is 541. The molecule has 1 fully saturated rings. The van der Waals surface area contributed by atoms with Gasteiger partial charge in [-0.15, -0.1) is 0 Å². The number of carbonyl (C=O) groups is 1. The minimum atomic E-state index is -1.52. The Morgan fingerprint density at radius 2 is 2.10 bits per heavy atom. The average molecular weight is 282 g/mol. The summed E-state index contributed by atoms with van der Waals surface area (Å²) in [7, 11) is 0. The standard InChI is InChI=1S/C13H15FN2O4/c14-10-6-11(15-7-8-3-1-2-4-8)12(16(19)20)5-9(10)13(17)18/h5-6,8,15H,1-4,7H2,(H,17,18). The third-order valence-corrected chi connectivity index (χ3v) is 3.57. The molecule has 0 amide bonds. The topological polar surface area (TPSA) is 92.5 Å². The predicted molar refractivity (Wildman–Crippen MR) is 70.5 cm³/mol. The Morgan fingerprint density at radius 1 is 1.45 bits per heavy atom. The van der Waals surface area contributed by atoms with Gasteiger partial charge in [0.05, 0.1) is 4.92 Å². The van der Waals surface area contributed by atoms with Gasteiger partial charge in [0.1, 0.15) is 17.1 Å². The predicted octanol–water partition coefficient (Wildman–Crippen LogP) is 3.03. The van der Waals surface area contributed by atoms with Crippen LogP contribution in [0.25, 0.3) is 0 Å². The Labute approximate surface area is 114 Å². The lowest BCUT2D eigenvalue weighted by Crippen LogP contribution is -2.13.